The molecule has 32 heavy (non-hydrogen) atoms. The van der Waals surface area contributed by atoms with Crippen LogP contribution in [0.15, 0.2) is 51.3 Å². The number of hydrogen-bond acceptors (Lipinski definition) is 7. The Bertz CT molecular complexity index is 1390. The van der Waals surface area contributed by atoms with E-state index in [0.29, 0.717) is 38.0 Å². The summed E-state index contributed by atoms with van der Waals surface area (Å²) in [5.74, 6) is 0.123. The fourth-order valence-corrected chi connectivity index (χ4v) is 4.30. The van der Waals surface area contributed by atoms with Gasteiger partial charge in [0.15, 0.2) is 0 Å². The van der Waals surface area contributed by atoms with E-state index in [-0.39, 0.29) is 24.3 Å². The second-order valence-corrected chi connectivity index (χ2v) is 8.19. The number of nitrogens with one attached hydrogen (secondary N) is 1. The molecule has 0 unspecified atom stereocenters. The summed E-state index contributed by atoms with van der Waals surface area (Å²) < 4.78 is 12.0. The molecule has 4 rings (SSSR count). The molecule has 0 fully saturated rings. The summed E-state index contributed by atoms with van der Waals surface area (Å²) in [5.41, 5.74) is 0.808. The standard InChI is InChI=1S/C22H18ClN3O5S/c1-3-30-22(29)19-15(17-7-4-12(2)31-17)10-32-20(19)25-18(27)9-26-11-24-16-8-13(23)5-6-14(16)21(26)28/h4-8,10-11H,3,9H2,1-2H3,(H,25,27). The second kappa shape index (κ2) is 8.97. The van der Waals surface area contributed by atoms with Gasteiger partial charge in [-0.25, -0.2) is 9.78 Å². The monoisotopic (exact) mass is 471 g/mol. The van der Waals surface area contributed by atoms with Gasteiger partial charge in [0, 0.05) is 16.0 Å². The van der Waals surface area contributed by atoms with Crippen LogP contribution in [0.3, 0.4) is 0 Å². The molecule has 0 spiro atoms. The maximum absolute atomic E-state index is 12.7. The van der Waals surface area contributed by atoms with E-state index in [1.807, 2.05) is 0 Å². The van der Waals surface area contributed by atoms with Gasteiger partial charge in [-0.3, -0.25) is 14.2 Å². The number of aromatic nitrogens is 2. The van der Waals surface area contributed by atoms with Crippen molar-refractivity contribution in [3.05, 3.63) is 68.7 Å². The number of esters is 1. The van der Waals surface area contributed by atoms with Gasteiger partial charge in [-0.2, -0.15) is 0 Å². The maximum atomic E-state index is 12.7. The third kappa shape index (κ3) is 4.30. The van der Waals surface area contributed by atoms with Crippen LogP contribution in [0.4, 0.5) is 5.00 Å². The Balaban J connectivity index is 1.62. The molecule has 1 aromatic carbocycles. The fraction of sp³-hybridized carbons (Fsp3) is 0.182. The molecule has 0 bridgehead atoms. The number of furan rings is 1. The van der Waals surface area contributed by atoms with Crippen LogP contribution < -0.4 is 10.9 Å². The summed E-state index contributed by atoms with van der Waals surface area (Å²) in [4.78, 5) is 42.2. The lowest BCUT2D eigenvalue weighted by atomic mass is 10.1. The highest BCUT2D eigenvalue weighted by Gasteiger charge is 2.24. The number of nitrogens with zero attached hydrogens (tertiary/aromatic N) is 2. The van der Waals surface area contributed by atoms with E-state index < -0.39 is 11.9 Å². The first kappa shape index (κ1) is 21.8. The van der Waals surface area contributed by atoms with Gasteiger partial charge >= 0.3 is 5.97 Å². The van der Waals surface area contributed by atoms with Crippen LogP contribution in [0, 0.1) is 6.92 Å². The highest BCUT2D eigenvalue weighted by atomic mass is 35.5. The lowest BCUT2D eigenvalue weighted by Crippen LogP contribution is -2.28. The molecule has 8 nitrogen and oxygen atoms in total. The molecule has 10 heteroatoms. The van der Waals surface area contributed by atoms with E-state index in [1.165, 1.54) is 22.2 Å². The van der Waals surface area contributed by atoms with Gasteiger partial charge in [0.1, 0.15) is 28.6 Å². The number of benzene rings is 1. The lowest BCUT2D eigenvalue weighted by Gasteiger charge is -2.09. The average molecular weight is 472 g/mol. The molecule has 0 atom stereocenters. The number of halogens is 1. The topological polar surface area (TPSA) is 103 Å². The first-order chi connectivity index (χ1) is 15.4. The first-order valence-electron chi connectivity index (χ1n) is 9.67. The Morgan fingerprint density at radius 1 is 1.28 bits per heavy atom. The van der Waals surface area contributed by atoms with E-state index in [2.05, 4.69) is 10.3 Å². The van der Waals surface area contributed by atoms with Crippen molar-refractivity contribution in [2.75, 3.05) is 11.9 Å². The van der Waals surface area contributed by atoms with E-state index >= 15 is 0 Å². The Morgan fingerprint density at radius 2 is 2.09 bits per heavy atom. The highest BCUT2D eigenvalue weighted by Crippen LogP contribution is 2.37. The first-order valence-corrected chi connectivity index (χ1v) is 10.9. The van der Waals surface area contributed by atoms with Crippen LogP contribution >= 0.6 is 22.9 Å². The molecular weight excluding hydrogens is 454 g/mol. The summed E-state index contributed by atoms with van der Waals surface area (Å²) in [6, 6.07) is 8.27. The number of thiophene rings is 1. The second-order valence-electron chi connectivity index (χ2n) is 6.87. The molecule has 164 valence electrons. The predicted molar refractivity (Wildman–Crippen MR) is 122 cm³/mol. The fourth-order valence-electron chi connectivity index (χ4n) is 3.18. The van der Waals surface area contributed by atoms with Gasteiger partial charge in [0.25, 0.3) is 5.56 Å². The van der Waals surface area contributed by atoms with Crippen molar-refractivity contribution in [2.24, 2.45) is 0 Å². The van der Waals surface area contributed by atoms with Gasteiger partial charge in [-0.1, -0.05) is 11.6 Å². The third-order valence-electron chi connectivity index (χ3n) is 4.63. The molecule has 0 radical (unpaired) electrons. The van der Waals surface area contributed by atoms with Crippen molar-refractivity contribution in [1.82, 2.24) is 9.55 Å². The molecule has 1 N–H and O–H groups in total. The highest BCUT2D eigenvalue weighted by molar-refractivity contribution is 7.15. The van der Waals surface area contributed by atoms with Gasteiger partial charge in [-0.05, 0) is 44.2 Å². The minimum atomic E-state index is -0.575. The largest absolute Gasteiger partial charge is 0.462 e. The Kier molecular flexibility index (Phi) is 6.11. The maximum Gasteiger partial charge on any atom is 0.341 e. The lowest BCUT2D eigenvalue weighted by molar-refractivity contribution is -0.116. The van der Waals surface area contributed by atoms with Crippen LogP contribution in [0.25, 0.3) is 22.2 Å². The molecule has 0 aliphatic rings. The number of carbonyl (C=O) groups excluding carboxylic acids is 2. The molecule has 3 heterocycles. The Hall–Kier alpha value is -3.43. The van der Waals surface area contributed by atoms with Crippen LogP contribution in [0.5, 0.6) is 0 Å². The van der Waals surface area contributed by atoms with Crippen LogP contribution in [0.1, 0.15) is 23.0 Å². The minimum Gasteiger partial charge on any atom is -0.462 e. The normalized spacial score (nSPS) is 11.0. The summed E-state index contributed by atoms with van der Waals surface area (Å²) >= 11 is 7.11. The van der Waals surface area contributed by atoms with E-state index in [1.54, 1.807) is 49.6 Å². The number of anilines is 1. The van der Waals surface area contributed by atoms with E-state index in [4.69, 9.17) is 20.8 Å². The summed E-state index contributed by atoms with van der Waals surface area (Å²) in [6.07, 6.45) is 1.29. The van der Waals surface area contributed by atoms with Crippen LogP contribution in [-0.2, 0) is 16.1 Å². The molecule has 4 aromatic rings. The molecule has 0 saturated heterocycles. The number of amides is 1. The smallest absolute Gasteiger partial charge is 0.341 e. The number of fused-ring (bicyclic) bond motifs is 1. The minimum absolute atomic E-state index is 0.181. The van der Waals surface area contributed by atoms with Crippen molar-refractivity contribution in [2.45, 2.75) is 20.4 Å². The molecule has 1 amide bonds. The quantitative estimate of drug-likeness (QED) is 0.415. The Morgan fingerprint density at radius 3 is 2.81 bits per heavy atom. The van der Waals surface area contributed by atoms with E-state index in [0.717, 1.165) is 0 Å². The number of hydrogen-bond donors (Lipinski definition) is 1. The summed E-state index contributed by atoms with van der Waals surface area (Å²) in [5, 5.41) is 5.55. The van der Waals surface area contributed by atoms with Crippen LogP contribution in [0.2, 0.25) is 5.02 Å². The van der Waals surface area contributed by atoms with Crippen molar-refractivity contribution in [1.29, 1.82) is 0 Å². The zero-order chi connectivity index (χ0) is 22.8. The van der Waals surface area contributed by atoms with Gasteiger partial charge in [0.2, 0.25) is 5.91 Å². The third-order valence-corrected chi connectivity index (χ3v) is 5.76. The number of carbonyl (C=O) groups is 2. The van der Waals surface area contributed by atoms with Crippen LogP contribution in [-0.4, -0.2) is 28.0 Å². The predicted octanol–water partition coefficient (Wildman–Crippen LogP) is 4.50. The number of aryl methyl sites for hydroxylation is 1. The summed E-state index contributed by atoms with van der Waals surface area (Å²) in [6.45, 7) is 3.40. The van der Waals surface area contributed by atoms with E-state index in [9.17, 15) is 14.4 Å². The van der Waals surface area contributed by atoms with Crippen molar-refractivity contribution >= 4 is 50.7 Å². The van der Waals surface area contributed by atoms with Gasteiger partial charge in [-0.15, -0.1) is 11.3 Å². The van der Waals surface area contributed by atoms with Gasteiger partial charge < -0.3 is 14.5 Å². The number of ether oxygens (including phenoxy) is 1. The Labute approximate surface area is 191 Å². The van der Waals surface area contributed by atoms with Crippen molar-refractivity contribution < 1.29 is 18.7 Å². The SMILES string of the molecule is CCOC(=O)c1c(-c2ccc(C)o2)csc1NC(=O)Cn1cnc2cc(Cl)ccc2c1=O. The zero-order valence-corrected chi connectivity index (χ0v) is 18.7. The van der Waals surface area contributed by atoms with Crippen molar-refractivity contribution in [3.63, 3.8) is 0 Å². The van der Waals surface area contributed by atoms with Gasteiger partial charge in [0.05, 0.1) is 23.8 Å². The molecule has 0 saturated carbocycles. The number of rotatable bonds is 6. The molecule has 0 aliphatic carbocycles. The molecule has 0 aliphatic heterocycles. The zero-order valence-electron chi connectivity index (χ0n) is 17.2. The summed E-state index contributed by atoms with van der Waals surface area (Å²) in [7, 11) is 0. The average Bonchev–Trinajstić information content (AvgIpc) is 3.36. The molecular formula is C22H18ClN3O5S. The van der Waals surface area contributed by atoms with Crippen molar-refractivity contribution in [3.8, 4) is 11.3 Å². The molecule has 3 aromatic heterocycles.